The van der Waals surface area contributed by atoms with Gasteiger partial charge in [0.1, 0.15) is 5.58 Å². The molecular weight excluding hydrogens is 392 g/mol. The topological polar surface area (TPSA) is 70.8 Å². The van der Waals surface area contributed by atoms with Gasteiger partial charge >= 0.3 is 5.63 Å². The standard InChI is InChI=1S/C25H26N2O4/c1-16-6-4-5-7-20(16)22-13-24(29)31-23-12-19(8-9-21(22)23)25(30)27-11-10-18(15-27)14-26(3)17(2)28/h4-9,12-13,18H,10-11,14-15H2,1-3H3. The second kappa shape index (κ2) is 8.38. The quantitative estimate of drug-likeness (QED) is 0.606. The van der Waals surface area contributed by atoms with Gasteiger partial charge < -0.3 is 14.2 Å². The van der Waals surface area contributed by atoms with Gasteiger partial charge in [0.15, 0.2) is 0 Å². The van der Waals surface area contributed by atoms with Crippen LogP contribution in [0.3, 0.4) is 0 Å². The van der Waals surface area contributed by atoms with Crippen molar-refractivity contribution in [1.29, 1.82) is 0 Å². The number of fused-ring (bicyclic) bond motifs is 1. The van der Waals surface area contributed by atoms with Crippen molar-refractivity contribution in [1.82, 2.24) is 9.80 Å². The van der Waals surface area contributed by atoms with Crippen LogP contribution in [0.4, 0.5) is 0 Å². The van der Waals surface area contributed by atoms with Gasteiger partial charge in [-0.2, -0.15) is 0 Å². The zero-order chi connectivity index (χ0) is 22.1. The van der Waals surface area contributed by atoms with E-state index in [1.165, 1.54) is 6.07 Å². The number of hydrogen-bond acceptors (Lipinski definition) is 4. The molecule has 1 aromatic heterocycles. The monoisotopic (exact) mass is 418 g/mol. The predicted octanol–water partition coefficient (Wildman–Crippen LogP) is 3.71. The third kappa shape index (κ3) is 4.24. The molecule has 160 valence electrons. The number of amides is 2. The summed E-state index contributed by atoms with van der Waals surface area (Å²) in [5, 5.41) is 0.799. The lowest BCUT2D eigenvalue weighted by molar-refractivity contribution is -0.128. The van der Waals surface area contributed by atoms with Crippen LogP contribution in [0.1, 0.15) is 29.3 Å². The molecule has 0 radical (unpaired) electrons. The Balaban J connectivity index is 1.62. The first-order valence-electron chi connectivity index (χ1n) is 10.5. The van der Waals surface area contributed by atoms with Gasteiger partial charge in [-0.05, 0) is 48.6 Å². The van der Waals surface area contributed by atoms with E-state index in [1.807, 2.05) is 42.2 Å². The maximum atomic E-state index is 13.1. The second-order valence-electron chi connectivity index (χ2n) is 8.31. The number of rotatable bonds is 4. The molecule has 31 heavy (non-hydrogen) atoms. The number of carbonyl (C=O) groups is 2. The zero-order valence-corrected chi connectivity index (χ0v) is 18.1. The minimum Gasteiger partial charge on any atom is -0.423 e. The largest absolute Gasteiger partial charge is 0.423 e. The molecule has 3 aromatic rings. The lowest BCUT2D eigenvalue weighted by Gasteiger charge is -2.20. The summed E-state index contributed by atoms with van der Waals surface area (Å²) < 4.78 is 5.45. The van der Waals surface area contributed by atoms with Crippen molar-refractivity contribution in [3.8, 4) is 11.1 Å². The first-order chi connectivity index (χ1) is 14.8. The Morgan fingerprint density at radius 2 is 1.90 bits per heavy atom. The maximum absolute atomic E-state index is 13.1. The number of aryl methyl sites for hydroxylation is 1. The van der Waals surface area contributed by atoms with Gasteiger partial charge in [-0.15, -0.1) is 0 Å². The Morgan fingerprint density at radius 1 is 1.13 bits per heavy atom. The zero-order valence-electron chi connectivity index (χ0n) is 18.1. The molecule has 0 aliphatic carbocycles. The smallest absolute Gasteiger partial charge is 0.336 e. The highest BCUT2D eigenvalue weighted by Gasteiger charge is 2.28. The summed E-state index contributed by atoms with van der Waals surface area (Å²) in [4.78, 5) is 40.3. The molecule has 0 N–H and O–H groups in total. The predicted molar refractivity (Wildman–Crippen MR) is 120 cm³/mol. The van der Waals surface area contributed by atoms with E-state index < -0.39 is 5.63 Å². The van der Waals surface area contributed by atoms with E-state index >= 15 is 0 Å². The molecule has 1 unspecified atom stereocenters. The highest BCUT2D eigenvalue weighted by atomic mass is 16.4. The van der Waals surface area contributed by atoms with Crippen molar-refractivity contribution < 1.29 is 14.0 Å². The molecule has 1 atom stereocenters. The van der Waals surface area contributed by atoms with Gasteiger partial charge in [-0.1, -0.05) is 24.3 Å². The van der Waals surface area contributed by atoms with Gasteiger partial charge in [0.2, 0.25) is 5.91 Å². The summed E-state index contributed by atoms with van der Waals surface area (Å²) in [5.74, 6) is 0.210. The van der Waals surface area contributed by atoms with E-state index in [0.717, 1.165) is 28.5 Å². The first kappa shape index (κ1) is 20.8. The van der Waals surface area contributed by atoms with Crippen LogP contribution in [0.2, 0.25) is 0 Å². The molecule has 2 heterocycles. The molecule has 2 aromatic carbocycles. The van der Waals surface area contributed by atoms with Gasteiger partial charge in [-0.25, -0.2) is 4.79 Å². The van der Waals surface area contributed by atoms with Crippen LogP contribution in [-0.4, -0.2) is 48.3 Å². The summed E-state index contributed by atoms with van der Waals surface area (Å²) in [6.07, 6.45) is 0.865. The molecule has 6 heteroatoms. The molecule has 1 aliphatic heterocycles. The Labute approximate surface area is 181 Å². The normalized spacial score (nSPS) is 16.0. The Hall–Kier alpha value is -3.41. The number of nitrogens with zero attached hydrogens (tertiary/aromatic N) is 2. The molecule has 0 bridgehead atoms. The summed E-state index contributed by atoms with van der Waals surface area (Å²) in [6.45, 7) is 5.46. The van der Waals surface area contributed by atoms with Crippen LogP contribution in [0.5, 0.6) is 0 Å². The molecule has 0 saturated carbocycles. The van der Waals surface area contributed by atoms with E-state index in [4.69, 9.17) is 4.42 Å². The molecule has 2 amide bonds. The molecule has 0 spiro atoms. The summed E-state index contributed by atoms with van der Waals surface area (Å²) in [7, 11) is 1.78. The van der Waals surface area contributed by atoms with E-state index in [9.17, 15) is 14.4 Å². The minimum atomic E-state index is -0.441. The van der Waals surface area contributed by atoms with E-state index in [2.05, 4.69) is 0 Å². The Morgan fingerprint density at radius 3 is 2.65 bits per heavy atom. The molecule has 1 fully saturated rings. The van der Waals surface area contributed by atoms with Crippen LogP contribution >= 0.6 is 0 Å². The minimum absolute atomic E-state index is 0.0267. The SMILES string of the molecule is CC(=O)N(C)CC1CCN(C(=O)c2ccc3c(-c4ccccc4C)cc(=O)oc3c2)C1. The van der Waals surface area contributed by atoms with Gasteiger partial charge in [-0.3, -0.25) is 9.59 Å². The van der Waals surface area contributed by atoms with E-state index in [1.54, 1.807) is 31.0 Å². The summed E-state index contributed by atoms with van der Waals surface area (Å²) in [5.41, 5.74) is 3.30. The number of hydrogen-bond donors (Lipinski definition) is 0. The first-order valence-corrected chi connectivity index (χ1v) is 10.5. The highest BCUT2D eigenvalue weighted by molar-refractivity contribution is 6.01. The molecule has 4 rings (SSSR count). The third-order valence-corrected chi connectivity index (χ3v) is 6.07. The van der Waals surface area contributed by atoms with Crippen LogP contribution in [0.25, 0.3) is 22.1 Å². The summed E-state index contributed by atoms with van der Waals surface area (Å²) >= 11 is 0. The number of likely N-dealkylation sites (tertiary alicyclic amines) is 1. The second-order valence-corrected chi connectivity index (χ2v) is 8.31. The third-order valence-electron chi connectivity index (χ3n) is 6.07. The number of carbonyl (C=O) groups excluding carboxylic acids is 2. The average molecular weight is 418 g/mol. The average Bonchev–Trinajstić information content (AvgIpc) is 3.21. The maximum Gasteiger partial charge on any atom is 0.336 e. The molecule has 6 nitrogen and oxygen atoms in total. The number of benzene rings is 2. The van der Waals surface area contributed by atoms with Crippen molar-refractivity contribution in [3.63, 3.8) is 0 Å². The van der Waals surface area contributed by atoms with Crippen LogP contribution < -0.4 is 5.63 Å². The van der Waals surface area contributed by atoms with Crippen molar-refractivity contribution in [3.05, 3.63) is 70.1 Å². The van der Waals surface area contributed by atoms with Crippen LogP contribution in [0, 0.1) is 12.8 Å². The van der Waals surface area contributed by atoms with Crippen molar-refractivity contribution in [2.24, 2.45) is 5.92 Å². The van der Waals surface area contributed by atoms with Crippen molar-refractivity contribution >= 4 is 22.8 Å². The molecular formula is C25H26N2O4. The van der Waals surface area contributed by atoms with E-state index in [-0.39, 0.29) is 17.7 Å². The molecule has 1 saturated heterocycles. The Bertz CT molecular complexity index is 1210. The molecule has 1 aliphatic rings. The summed E-state index contributed by atoms with van der Waals surface area (Å²) in [6, 6.07) is 14.7. The van der Waals surface area contributed by atoms with Crippen LogP contribution in [0.15, 0.2) is 57.7 Å². The van der Waals surface area contributed by atoms with Crippen molar-refractivity contribution in [2.45, 2.75) is 20.3 Å². The lowest BCUT2D eigenvalue weighted by Crippen LogP contribution is -2.33. The lowest BCUT2D eigenvalue weighted by atomic mass is 9.97. The fourth-order valence-electron chi connectivity index (χ4n) is 4.26. The van der Waals surface area contributed by atoms with Gasteiger partial charge in [0.05, 0.1) is 0 Å². The van der Waals surface area contributed by atoms with Crippen molar-refractivity contribution in [2.75, 3.05) is 26.7 Å². The van der Waals surface area contributed by atoms with Crippen LogP contribution in [-0.2, 0) is 4.79 Å². The van der Waals surface area contributed by atoms with E-state index in [0.29, 0.717) is 30.8 Å². The van der Waals surface area contributed by atoms with Gasteiger partial charge in [0.25, 0.3) is 5.91 Å². The fraction of sp³-hybridized carbons (Fsp3) is 0.320. The fourth-order valence-corrected chi connectivity index (χ4v) is 4.26. The van der Waals surface area contributed by atoms with Gasteiger partial charge in [0, 0.05) is 56.2 Å². The Kier molecular flexibility index (Phi) is 5.63. The highest BCUT2D eigenvalue weighted by Crippen LogP contribution is 2.30.